The summed E-state index contributed by atoms with van der Waals surface area (Å²) in [5, 5.41) is 2.52. The second-order valence-electron chi connectivity index (χ2n) is 6.41. The number of nitrogens with zero attached hydrogens (tertiary/aromatic N) is 2. The Labute approximate surface area is 184 Å². The van der Waals surface area contributed by atoms with Crippen LogP contribution in [0.15, 0.2) is 45.7 Å². The van der Waals surface area contributed by atoms with E-state index < -0.39 is 17.2 Å². The Balaban J connectivity index is 2.02. The number of carbonyl (C=O) groups is 1. The van der Waals surface area contributed by atoms with Gasteiger partial charge in [-0.3, -0.25) is 14.2 Å². The molecule has 162 valence electrons. The molecule has 0 atom stereocenters. The van der Waals surface area contributed by atoms with Crippen LogP contribution in [0.4, 0.5) is 8.78 Å². The zero-order chi connectivity index (χ0) is 22.7. The van der Waals surface area contributed by atoms with Gasteiger partial charge in [0.1, 0.15) is 34.3 Å². The number of carbonyl (C=O) groups excluding carboxylic acids is 1. The fourth-order valence-corrected chi connectivity index (χ4v) is 3.28. The minimum Gasteiger partial charge on any atom is -0.495 e. The number of methoxy groups -OCH3 is 1. The standard InChI is InChI=1S/C21H18BrF2N3O4/c1-11-26-20(31-10-13-4-6-14(23)9-15(13)24)18(22)21(29)27(11)16-8-12(19(28)25-2)5-7-17(16)30-3/h4-9H,10H2,1-3H3,(H,25,28). The lowest BCUT2D eigenvalue weighted by Gasteiger charge is -2.16. The molecular weight excluding hydrogens is 476 g/mol. The lowest BCUT2D eigenvalue weighted by molar-refractivity contribution is 0.0963. The number of halogens is 3. The van der Waals surface area contributed by atoms with Crippen molar-refractivity contribution in [3.63, 3.8) is 0 Å². The first kappa shape index (κ1) is 22.4. The van der Waals surface area contributed by atoms with Crippen molar-refractivity contribution in [2.45, 2.75) is 13.5 Å². The Morgan fingerprint density at radius 2 is 1.97 bits per heavy atom. The molecule has 0 aliphatic heterocycles. The van der Waals surface area contributed by atoms with Gasteiger partial charge in [0.25, 0.3) is 11.5 Å². The van der Waals surface area contributed by atoms with E-state index in [1.165, 1.54) is 30.9 Å². The minimum absolute atomic E-state index is 0.00646. The van der Waals surface area contributed by atoms with Crippen LogP contribution in [-0.4, -0.2) is 29.6 Å². The molecule has 1 aromatic heterocycles. The molecule has 2 aromatic carbocycles. The quantitative estimate of drug-likeness (QED) is 0.567. The van der Waals surface area contributed by atoms with Crippen LogP contribution in [0.1, 0.15) is 21.7 Å². The van der Waals surface area contributed by atoms with E-state index >= 15 is 0 Å². The highest BCUT2D eigenvalue weighted by Gasteiger charge is 2.19. The largest absolute Gasteiger partial charge is 0.495 e. The molecule has 0 saturated carbocycles. The molecule has 0 spiro atoms. The van der Waals surface area contributed by atoms with E-state index in [4.69, 9.17) is 9.47 Å². The van der Waals surface area contributed by atoms with Crippen molar-refractivity contribution in [3.05, 3.63) is 79.8 Å². The molecule has 1 heterocycles. The van der Waals surface area contributed by atoms with Crippen LogP contribution in [0.5, 0.6) is 11.6 Å². The van der Waals surface area contributed by atoms with E-state index in [0.717, 1.165) is 12.1 Å². The number of rotatable bonds is 6. The van der Waals surface area contributed by atoms with Crippen molar-refractivity contribution in [2.24, 2.45) is 0 Å². The molecule has 0 saturated heterocycles. The van der Waals surface area contributed by atoms with E-state index in [0.29, 0.717) is 17.0 Å². The molecule has 0 radical (unpaired) electrons. The Kier molecular flexibility index (Phi) is 6.69. The molecule has 0 bridgehead atoms. The molecule has 0 unspecified atom stereocenters. The van der Waals surface area contributed by atoms with Gasteiger partial charge in [-0.15, -0.1) is 0 Å². The molecule has 1 amide bonds. The van der Waals surface area contributed by atoms with Crippen molar-refractivity contribution in [1.82, 2.24) is 14.9 Å². The van der Waals surface area contributed by atoms with Gasteiger partial charge in [-0.05, 0) is 53.2 Å². The molecule has 7 nitrogen and oxygen atoms in total. The molecule has 0 aliphatic carbocycles. The summed E-state index contributed by atoms with van der Waals surface area (Å²) in [5.41, 5.74) is 0.231. The normalized spacial score (nSPS) is 10.6. The van der Waals surface area contributed by atoms with Gasteiger partial charge in [-0.1, -0.05) is 0 Å². The first-order chi connectivity index (χ1) is 14.8. The molecule has 1 N–H and O–H groups in total. The summed E-state index contributed by atoms with van der Waals surface area (Å²) in [6.45, 7) is 1.32. The van der Waals surface area contributed by atoms with Crippen LogP contribution < -0.4 is 20.3 Å². The topological polar surface area (TPSA) is 82.4 Å². The lowest BCUT2D eigenvalue weighted by atomic mass is 10.1. The zero-order valence-corrected chi connectivity index (χ0v) is 18.4. The summed E-state index contributed by atoms with van der Waals surface area (Å²) in [5.74, 6) is -1.25. The fourth-order valence-electron chi connectivity index (χ4n) is 2.90. The van der Waals surface area contributed by atoms with Crippen molar-refractivity contribution in [2.75, 3.05) is 14.2 Å². The van der Waals surface area contributed by atoms with Gasteiger partial charge >= 0.3 is 0 Å². The number of hydrogen-bond acceptors (Lipinski definition) is 5. The third kappa shape index (κ3) is 4.58. The number of aromatic nitrogens is 2. The van der Waals surface area contributed by atoms with Crippen LogP contribution >= 0.6 is 15.9 Å². The summed E-state index contributed by atoms with van der Waals surface area (Å²) in [4.78, 5) is 29.4. The Morgan fingerprint density at radius 3 is 2.61 bits per heavy atom. The van der Waals surface area contributed by atoms with Crippen LogP contribution in [-0.2, 0) is 6.61 Å². The summed E-state index contributed by atoms with van der Waals surface area (Å²) >= 11 is 3.18. The number of amides is 1. The average Bonchev–Trinajstić information content (AvgIpc) is 2.75. The number of ether oxygens (including phenoxy) is 2. The van der Waals surface area contributed by atoms with Crippen LogP contribution in [0.2, 0.25) is 0 Å². The van der Waals surface area contributed by atoms with E-state index in [1.807, 2.05) is 0 Å². The van der Waals surface area contributed by atoms with Crippen LogP contribution in [0.25, 0.3) is 5.69 Å². The monoisotopic (exact) mass is 493 g/mol. The Hall–Kier alpha value is -3.27. The predicted octanol–water partition coefficient (Wildman–Crippen LogP) is 3.53. The van der Waals surface area contributed by atoms with Gasteiger partial charge < -0.3 is 14.8 Å². The average molecular weight is 494 g/mol. The lowest BCUT2D eigenvalue weighted by Crippen LogP contribution is -2.25. The second-order valence-corrected chi connectivity index (χ2v) is 7.20. The highest BCUT2D eigenvalue weighted by molar-refractivity contribution is 9.10. The molecule has 31 heavy (non-hydrogen) atoms. The van der Waals surface area contributed by atoms with Crippen molar-refractivity contribution in [3.8, 4) is 17.3 Å². The summed E-state index contributed by atoms with van der Waals surface area (Å²) in [6, 6.07) is 7.76. The van der Waals surface area contributed by atoms with Crippen molar-refractivity contribution >= 4 is 21.8 Å². The highest BCUT2D eigenvalue weighted by Crippen LogP contribution is 2.27. The summed E-state index contributed by atoms with van der Waals surface area (Å²) in [6.07, 6.45) is 0. The first-order valence-electron chi connectivity index (χ1n) is 9.03. The maximum atomic E-state index is 13.8. The summed E-state index contributed by atoms with van der Waals surface area (Å²) in [7, 11) is 2.94. The number of aryl methyl sites for hydroxylation is 1. The van der Waals surface area contributed by atoms with Gasteiger partial charge in [0.15, 0.2) is 0 Å². The Bertz CT molecular complexity index is 1210. The highest BCUT2D eigenvalue weighted by atomic mass is 79.9. The molecule has 10 heteroatoms. The van der Waals surface area contributed by atoms with Gasteiger partial charge in [0.05, 0.1) is 12.8 Å². The summed E-state index contributed by atoms with van der Waals surface area (Å²) < 4.78 is 39.0. The third-order valence-corrected chi connectivity index (χ3v) is 5.13. The van der Waals surface area contributed by atoms with Gasteiger partial charge in [-0.25, -0.2) is 8.78 Å². The Morgan fingerprint density at radius 1 is 1.23 bits per heavy atom. The van der Waals surface area contributed by atoms with Gasteiger partial charge in [0.2, 0.25) is 5.88 Å². The van der Waals surface area contributed by atoms with E-state index in [1.54, 1.807) is 19.1 Å². The minimum atomic E-state index is -0.767. The predicted molar refractivity (Wildman–Crippen MR) is 113 cm³/mol. The number of nitrogens with one attached hydrogen (secondary N) is 1. The third-order valence-electron chi connectivity index (χ3n) is 4.45. The van der Waals surface area contributed by atoms with Gasteiger partial charge in [-0.2, -0.15) is 4.98 Å². The van der Waals surface area contributed by atoms with Gasteiger partial charge in [0, 0.05) is 24.2 Å². The SMILES string of the molecule is CNC(=O)c1ccc(OC)c(-n2c(C)nc(OCc3ccc(F)cc3F)c(Br)c2=O)c1. The number of hydrogen-bond donors (Lipinski definition) is 1. The zero-order valence-electron chi connectivity index (χ0n) is 16.8. The van der Waals surface area contributed by atoms with E-state index in [2.05, 4.69) is 26.2 Å². The molecule has 3 aromatic rings. The first-order valence-corrected chi connectivity index (χ1v) is 9.82. The van der Waals surface area contributed by atoms with Crippen LogP contribution in [0.3, 0.4) is 0 Å². The molecular formula is C21H18BrF2N3O4. The maximum absolute atomic E-state index is 13.8. The van der Waals surface area contributed by atoms with Crippen molar-refractivity contribution in [1.29, 1.82) is 0 Å². The molecule has 0 fully saturated rings. The molecule has 0 aliphatic rings. The second kappa shape index (κ2) is 9.25. The van der Waals surface area contributed by atoms with Crippen LogP contribution in [0, 0.1) is 18.6 Å². The maximum Gasteiger partial charge on any atom is 0.276 e. The van der Waals surface area contributed by atoms with Crippen molar-refractivity contribution < 1.29 is 23.0 Å². The molecule has 3 rings (SSSR count). The smallest absolute Gasteiger partial charge is 0.276 e. The van der Waals surface area contributed by atoms with E-state index in [9.17, 15) is 18.4 Å². The fraction of sp³-hybridized carbons (Fsp3) is 0.190. The number of benzene rings is 2. The van der Waals surface area contributed by atoms with E-state index in [-0.39, 0.29) is 34.3 Å².